The number of ether oxygens (including phenoxy) is 2. The second-order valence-electron chi connectivity index (χ2n) is 3.96. The molecule has 0 aliphatic carbocycles. The molecule has 0 saturated carbocycles. The van der Waals surface area contributed by atoms with Crippen LogP contribution in [0.15, 0.2) is 53.0 Å². The molecule has 2 nitrogen and oxygen atoms in total. The minimum absolute atomic E-state index is 0.623. The molecular formula is C15H14BrClO2. The Labute approximate surface area is 126 Å². The van der Waals surface area contributed by atoms with Crippen LogP contribution in [0.2, 0.25) is 5.02 Å². The van der Waals surface area contributed by atoms with Gasteiger partial charge in [-0.3, -0.25) is 0 Å². The van der Waals surface area contributed by atoms with Crippen molar-refractivity contribution in [3.8, 4) is 11.5 Å². The lowest BCUT2D eigenvalue weighted by Crippen LogP contribution is -2.04. The van der Waals surface area contributed by atoms with E-state index in [0.717, 1.165) is 22.4 Å². The zero-order valence-electron chi connectivity index (χ0n) is 10.3. The Morgan fingerprint density at radius 3 is 1.79 bits per heavy atom. The van der Waals surface area contributed by atoms with Crippen molar-refractivity contribution in [2.24, 2.45) is 0 Å². The standard InChI is InChI=1S/C15H14BrClO2/c16-12-2-6-14(7-3-12)18-10-1-11-19-15-8-4-13(17)5-9-15/h2-9H,1,10-11H2. The van der Waals surface area contributed by atoms with Crippen molar-refractivity contribution in [3.63, 3.8) is 0 Å². The molecule has 100 valence electrons. The first-order valence-electron chi connectivity index (χ1n) is 6.01. The molecule has 4 heteroatoms. The highest BCUT2D eigenvalue weighted by Gasteiger charge is 1.96. The lowest BCUT2D eigenvalue weighted by molar-refractivity contribution is 0.247. The first-order chi connectivity index (χ1) is 9.24. The van der Waals surface area contributed by atoms with Gasteiger partial charge in [-0.15, -0.1) is 0 Å². The topological polar surface area (TPSA) is 18.5 Å². The van der Waals surface area contributed by atoms with Gasteiger partial charge < -0.3 is 9.47 Å². The van der Waals surface area contributed by atoms with E-state index in [9.17, 15) is 0 Å². The average Bonchev–Trinajstić information content (AvgIpc) is 2.43. The Balaban J connectivity index is 1.64. The quantitative estimate of drug-likeness (QED) is 0.692. The molecule has 0 bridgehead atoms. The second-order valence-corrected chi connectivity index (χ2v) is 5.31. The molecule has 0 fully saturated rings. The summed E-state index contributed by atoms with van der Waals surface area (Å²) in [5.41, 5.74) is 0. The Morgan fingerprint density at radius 2 is 1.26 bits per heavy atom. The van der Waals surface area contributed by atoms with Crippen LogP contribution in [-0.4, -0.2) is 13.2 Å². The molecule has 0 saturated heterocycles. The van der Waals surface area contributed by atoms with E-state index in [1.54, 1.807) is 0 Å². The highest BCUT2D eigenvalue weighted by atomic mass is 79.9. The molecule has 0 spiro atoms. The average molecular weight is 342 g/mol. The first kappa shape index (κ1) is 14.2. The van der Waals surface area contributed by atoms with Gasteiger partial charge in [0, 0.05) is 15.9 Å². The molecule has 2 rings (SSSR count). The molecule has 0 aromatic heterocycles. The highest BCUT2D eigenvalue weighted by molar-refractivity contribution is 9.10. The zero-order chi connectivity index (χ0) is 13.5. The minimum Gasteiger partial charge on any atom is -0.493 e. The smallest absolute Gasteiger partial charge is 0.119 e. The Bertz CT molecular complexity index is 449. The summed E-state index contributed by atoms with van der Waals surface area (Å²) in [5.74, 6) is 1.70. The van der Waals surface area contributed by atoms with E-state index in [0.29, 0.717) is 18.2 Å². The van der Waals surface area contributed by atoms with E-state index in [-0.39, 0.29) is 0 Å². The van der Waals surface area contributed by atoms with Crippen molar-refractivity contribution < 1.29 is 9.47 Å². The SMILES string of the molecule is Clc1ccc(OCCCOc2ccc(Br)cc2)cc1. The van der Waals surface area contributed by atoms with Crippen molar-refractivity contribution in [3.05, 3.63) is 58.0 Å². The second kappa shape index (κ2) is 7.41. The van der Waals surface area contributed by atoms with Crippen molar-refractivity contribution in [1.29, 1.82) is 0 Å². The summed E-state index contributed by atoms with van der Waals surface area (Å²) < 4.78 is 12.2. The maximum atomic E-state index is 5.80. The Hall–Kier alpha value is -1.19. The lowest BCUT2D eigenvalue weighted by atomic mass is 10.3. The molecule has 0 radical (unpaired) electrons. The van der Waals surface area contributed by atoms with Gasteiger partial charge in [-0.05, 0) is 48.5 Å². The van der Waals surface area contributed by atoms with Gasteiger partial charge in [-0.2, -0.15) is 0 Å². The van der Waals surface area contributed by atoms with Crippen LogP contribution in [-0.2, 0) is 0 Å². The molecule has 0 aliphatic heterocycles. The number of rotatable bonds is 6. The number of benzene rings is 2. The van der Waals surface area contributed by atoms with Crippen LogP contribution in [0, 0.1) is 0 Å². The highest BCUT2D eigenvalue weighted by Crippen LogP contribution is 2.17. The summed E-state index contributed by atoms with van der Waals surface area (Å²) in [5, 5.41) is 0.714. The molecule has 0 unspecified atom stereocenters. The molecule has 0 heterocycles. The monoisotopic (exact) mass is 340 g/mol. The molecular weight excluding hydrogens is 328 g/mol. The van der Waals surface area contributed by atoms with Gasteiger partial charge in [0.25, 0.3) is 0 Å². The zero-order valence-corrected chi connectivity index (χ0v) is 12.7. The van der Waals surface area contributed by atoms with Crippen LogP contribution in [0.4, 0.5) is 0 Å². The third kappa shape index (κ3) is 5.13. The van der Waals surface area contributed by atoms with Crippen LogP contribution in [0.25, 0.3) is 0 Å². The van der Waals surface area contributed by atoms with Gasteiger partial charge >= 0.3 is 0 Å². The van der Waals surface area contributed by atoms with Crippen LogP contribution >= 0.6 is 27.5 Å². The Morgan fingerprint density at radius 1 is 0.789 bits per heavy atom. The van der Waals surface area contributed by atoms with Crippen molar-refractivity contribution in [1.82, 2.24) is 0 Å². The predicted molar refractivity (Wildman–Crippen MR) is 81.2 cm³/mol. The van der Waals surface area contributed by atoms with Gasteiger partial charge in [0.2, 0.25) is 0 Å². The fourth-order valence-corrected chi connectivity index (χ4v) is 1.89. The fourth-order valence-electron chi connectivity index (χ4n) is 1.50. The van der Waals surface area contributed by atoms with Crippen molar-refractivity contribution in [2.45, 2.75) is 6.42 Å². The third-order valence-electron chi connectivity index (χ3n) is 2.45. The van der Waals surface area contributed by atoms with Gasteiger partial charge in [-0.1, -0.05) is 27.5 Å². The number of hydrogen-bond donors (Lipinski definition) is 0. The number of halogens is 2. The molecule has 0 aliphatic rings. The maximum Gasteiger partial charge on any atom is 0.119 e. The fraction of sp³-hybridized carbons (Fsp3) is 0.200. The molecule has 19 heavy (non-hydrogen) atoms. The van der Waals surface area contributed by atoms with Gasteiger partial charge in [-0.25, -0.2) is 0 Å². The van der Waals surface area contributed by atoms with Crippen LogP contribution in [0.5, 0.6) is 11.5 Å². The third-order valence-corrected chi connectivity index (χ3v) is 3.23. The summed E-state index contributed by atoms with van der Waals surface area (Å²) in [7, 11) is 0. The van der Waals surface area contributed by atoms with E-state index in [1.165, 1.54) is 0 Å². The van der Waals surface area contributed by atoms with Gasteiger partial charge in [0.05, 0.1) is 13.2 Å². The maximum absolute atomic E-state index is 5.80. The molecule has 0 atom stereocenters. The van der Waals surface area contributed by atoms with E-state index >= 15 is 0 Å². The van der Waals surface area contributed by atoms with E-state index in [2.05, 4.69) is 15.9 Å². The van der Waals surface area contributed by atoms with Crippen LogP contribution in [0.3, 0.4) is 0 Å². The Kier molecular flexibility index (Phi) is 5.55. The van der Waals surface area contributed by atoms with Crippen molar-refractivity contribution in [2.75, 3.05) is 13.2 Å². The molecule has 0 N–H and O–H groups in total. The van der Waals surface area contributed by atoms with E-state index < -0.39 is 0 Å². The first-order valence-corrected chi connectivity index (χ1v) is 7.18. The van der Waals surface area contributed by atoms with E-state index in [1.807, 2.05) is 48.5 Å². The summed E-state index contributed by atoms with van der Waals surface area (Å²) in [4.78, 5) is 0. The molecule has 2 aromatic carbocycles. The normalized spacial score (nSPS) is 10.2. The summed E-state index contributed by atoms with van der Waals surface area (Å²) >= 11 is 9.18. The summed E-state index contributed by atoms with van der Waals surface area (Å²) in [6.45, 7) is 1.26. The van der Waals surface area contributed by atoms with Gasteiger partial charge in [0.1, 0.15) is 11.5 Å². The largest absolute Gasteiger partial charge is 0.493 e. The summed E-state index contributed by atoms with van der Waals surface area (Å²) in [6, 6.07) is 15.1. The van der Waals surface area contributed by atoms with E-state index in [4.69, 9.17) is 21.1 Å². The minimum atomic E-state index is 0.623. The molecule has 2 aromatic rings. The van der Waals surface area contributed by atoms with Crippen LogP contribution < -0.4 is 9.47 Å². The number of hydrogen-bond acceptors (Lipinski definition) is 2. The van der Waals surface area contributed by atoms with Crippen molar-refractivity contribution >= 4 is 27.5 Å². The predicted octanol–water partition coefficient (Wildman–Crippen LogP) is 4.95. The van der Waals surface area contributed by atoms with Gasteiger partial charge in [0.15, 0.2) is 0 Å². The van der Waals surface area contributed by atoms with Crippen LogP contribution in [0.1, 0.15) is 6.42 Å². The lowest BCUT2D eigenvalue weighted by Gasteiger charge is -2.08. The summed E-state index contributed by atoms with van der Waals surface area (Å²) in [6.07, 6.45) is 0.832. The molecule has 0 amide bonds.